The van der Waals surface area contributed by atoms with E-state index in [-0.39, 0.29) is 5.41 Å². The van der Waals surface area contributed by atoms with E-state index in [0.717, 1.165) is 6.54 Å². The minimum atomic E-state index is -0.0688. The van der Waals surface area contributed by atoms with Crippen LogP contribution < -0.4 is 10.3 Å². The van der Waals surface area contributed by atoms with E-state index in [1.54, 1.807) is 0 Å². The molecule has 0 aliphatic rings. The fourth-order valence-corrected chi connectivity index (χ4v) is 3.17. The maximum atomic E-state index is 3.39. The Balaban J connectivity index is 2.24. The highest BCUT2D eigenvalue weighted by Crippen LogP contribution is 2.24. The first-order valence-electron chi connectivity index (χ1n) is 9.38. The standard InChI is InChI=1S/C24H30N2/c1-6-26-22-15-11-10-12-20(22)18-19(2)16-17-23(25-5)24(3,4)21-13-8-7-9-14-21/h7-18,26H,6H2,1-5H3/p+2/b17-16+,19-18+,25-23?. The summed E-state index contributed by atoms with van der Waals surface area (Å²) in [7, 11) is 1.99. The first-order chi connectivity index (χ1) is 12.5. The normalized spacial score (nSPS) is 13.4. The van der Waals surface area contributed by atoms with Crippen molar-refractivity contribution in [3.05, 3.63) is 83.4 Å². The van der Waals surface area contributed by atoms with Crippen molar-refractivity contribution in [2.45, 2.75) is 33.1 Å². The Morgan fingerprint density at radius 2 is 1.65 bits per heavy atom. The number of para-hydroxylation sites is 1. The zero-order chi connectivity index (χ0) is 19.0. The van der Waals surface area contributed by atoms with E-state index in [1.807, 2.05) is 7.05 Å². The molecular weight excluding hydrogens is 316 g/mol. The molecule has 0 saturated carbocycles. The van der Waals surface area contributed by atoms with Gasteiger partial charge in [0.05, 0.1) is 12.0 Å². The number of rotatable bonds is 7. The van der Waals surface area contributed by atoms with Gasteiger partial charge < -0.3 is 5.32 Å². The molecular formula is C24H32N2+2. The van der Waals surface area contributed by atoms with Gasteiger partial charge in [0.1, 0.15) is 12.7 Å². The lowest BCUT2D eigenvalue weighted by molar-refractivity contribution is -0.567. The Bertz CT molecular complexity index is 796. The summed E-state index contributed by atoms with van der Waals surface area (Å²) in [5.74, 6) is 0. The third-order valence-electron chi connectivity index (χ3n) is 4.75. The minimum absolute atomic E-state index is 0.0688. The maximum Gasteiger partial charge on any atom is 0.184 e. The Morgan fingerprint density at radius 1 is 1.00 bits per heavy atom. The fraction of sp³-hybridized carbons (Fsp3) is 0.292. The largest absolute Gasteiger partial charge is 0.314 e. The molecule has 0 heterocycles. The van der Waals surface area contributed by atoms with E-state index in [9.17, 15) is 0 Å². The molecule has 0 radical (unpaired) electrons. The van der Waals surface area contributed by atoms with Crippen LogP contribution in [0.5, 0.6) is 0 Å². The van der Waals surface area contributed by atoms with Crippen molar-refractivity contribution >= 4 is 17.5 Å². The molecule has 0 unspecified atom stereocenters. The van der Waals surface area contributed by atoms with Crippen LogP contribution in [0.2, 0.25) is 0 Å². The van der Waals surface area contributed by atoms with E-state index >= 15 is 0 Å². The molecule has 0 aliphatic carbocycles. The van der Waals surface area contributed by atoms with E-state index in [1.165, 1.54) is 28.1 Å². The first kappa shape index (κ1) is 19.9. The lowest BCUT2D eigenvalue weighted by atomic mass is 9.79. The van der Waals surface area contributed by atoms with Gasteiger partial charge in [-0.2, -0.15) is 0 Å². The van der Waals surface area contributed by atoms with Crippen molar-refractivity contribution in [1.82, 2.24) is 0 Å². The molecule has 2 heteroatoms. The monoisotopic (exact) mass is 348 g/mol. The zero-order valence-corrected chi connectivity index (χ0v) is 16.7. The molecule has 0 spiro atoms. The number of nitrogens with two attached hydrogens (primary N) is 1. The minimum Gasteiger partial charge on any atom is -0.314 e. The Morgan fingerprint density at radius 3 is 2.31 bits per heavy atom. The lowest BCUT2D eigenvalue weighted by Gasteiger charge is -2.21. The third kappa shape index (κ3) is 5.03. The average Bonchev–Trinajstić information content (AvgIpc) is 2.64. The van der Waals surface area contributed by atoms with Gasteiger partial charge in [-0.05, 0) is 51.5 Å². The summed E-state index contributed by atoms with van der Waals surface area (Å²) in [5, 5.41) is 2.27. The van der Waals surface area contributed by atoms with Crippen LogP contribution in [-0.4, -0.2) is 19.3 Å². The van der Waals surface area contributed by atoms with Crippen LogP contribution in [0.4, 0.5) is 5.69 Å². The van der Waals surface area contributed by atoms with Crippen LogP contribution >= 0.6 is 0 Å². The molecule has 2 aromatic carbocycles. The van der Waals surface area contributed by atoms with Crippen LogP contribution in [-0.2, 0) is 5.41 Å². The van der Waals surface area contributed by atoms with Gasteiger partial charge in [0, 0.05) is 11.6 Å². The molecule has 0 bridgehead atoms. The second kappa shape index (κ2) is 9.30. The molecule has 2 rings (SSSR count). The highest BCUT2D eigenvalue weighted by atomic mass is 14.9. The number of nitrogens with one attached hydrogen (secondary N) is 1. The molecule has 0 amide bonds. The number of allylic oxidation sites excluding steroid dienone is 3. The number of quaternary nitrogens is 1. The van der Waals surface area contributed by atoms with Crippen LogP contribution in [0, 0.1) is 0 Å². The molecule has 0 aromatic heterocycles. The average molecular weight is 349 g/mol. The van der Waals surface area contributed by atoms with Gasteiger partial charge in [-0.3, -0.25) is 0 Å². The van der Waals surface area contributed by atoms with Crippen LogP contribution in [0.25, 0.3) is 6.08 Å². The highest BCUT2D eigenvalue weighted by molar-refractivity contribution is 5.99. The van der Waals surface area contributed by atoms with E-state index < -0.39 is 0 Å². The van der Waals surface area contributed by atoms with Gasteiger partial charge in [0.25, 0.3) is 0 Å². The van der Waals surface area contributed by atoms with E-state index in [4.69, 9.17) is 0 Å². The molecule has 26 heavy (non-hydrogen) atoms. The van der Waals surface area contributed by atoms with Crippen LogP contribution in [0.1, 0.15) is 38.8 Å². The topological polar surface area (TPSA) is 30.6 Å². The Labute approximate surface area is 158 Å². The zero-order valence-electron chi connectivity index (χ0n) is 16.7. The Kier molecular flexibility index (Phi) is 7.11. The van der Waals surface area contributed by atoms with Gasteiger partial charge in [-0.25, -0.2) is 4.99 Å². The van der Waals surface area contributed by atoms with E-state index in [0.29, 0.717) is 0 Å². The van der Waals surface area contributed by atoms with Gasteiger partial charge in [-0.1, -0.05) is 54.1 Å². The smallest absolute Gasteiger partial charge is 0.184 e. The predicted octanol–water partition coefficient (Wildman–Crippen LogP) is 2.99. The SMILES string of the molecule is CC[NH2+]c1ccccc1/C=C(C)/C=C/C(=[NH+]C)C(C)(C)c1ccccc1. The molecule has 0 fully saturated rings. The second-order valence-electron chi connectivity index (χ2n) is 7.12. The molecule has 2 aromatic rings. The van der Waals surface area contributed by atoms with Crippen molar-refractivity contribution < 1.29 is 10.3 Å². The molecule has 2 nitrogen and oxygen atoms in total. The summed E-state index contributed by atoms with van der Waals surface area (Å²) < 4.78 is 0. The summed E-state index contributed by atoms with van der Waals surface area (Å²) in [6, 6.07) is 19.2. The molecule has 136 valence electrons. The van der Waals surface area contributed by atoms with Gasteiger partial charge >= 0.3 is 0 Å². The number of benzene rings is 2. The number of hydrogen-bond donors (Lipinski definition) is 2. The molecule has 3 N–H and O–H groups in total. The molecule has 0 aliphatic heterocycles. The molecule has 0 atom stereocenters. The van der Waals surface area contributed by atoms with Crippen molar-refractivity contribution in [3.8, 4) is 0 Å². The summed E-state index contributed by atoms with van der Waals surface area (Å²) in [5.41, 5.74) is 6.23. The van der Waals surface area contributed by atoms with Gasteiger partial charge in [-0.15, -0.1) is 0 Å². The second-order valence-corrected chi connectivity index (χ2v) is 7.12. The summed E-state index contributed by atoms with van der Waals surface area (Å²) in [4.78, 5) is 3.39. The maximum absolute atomic E-state index is 3.39. The predicted molar refractivity (Wildman–Crippen MR) is 113 cm³/mol. The van der Waals surface area contributed by atoms with Crippen LogP contribution in [0.15, 0.2) is 72.3 Å². The fourth-order valence-electron chi connectivity index (χ4n) is 3.17. The van der Waals surface area contributed by atoms with Gasteiger partial charge in [0.2, 0.25) is 0 Å². The van der Waals surface area contributed by atoms with Crippen molar-refractivity contribution in [2.24, 2.45) is 0 Å². The Hall–Kier alpha value is -2.45. The summed E-state index contributed by atoms with van der Waals surface area (Å²) in [6.45, 7) is 9.88. The van der Waals surface area contributed by atoms with Crippen molar-refractivity contribution in [3.63, 3.8) is 0 Å². The lowest BCUT2D eigenvalue weighted by Crippen LogP contribution is -2.77. The highest BCUT2D eigenvalue weighted by Gasteiger charge is 2.29. The van der Waals surface area contributed by atoms with Crippen molar-refractivity contribution in [1.29, 1.82) is 0 Å². The van der Waals surface area contributed by atoms with E-state index in [2.05, 4.69) is 111 Å². The third-order valence-corrected chi connectivity index (χ3v) is 4.75. The van der Waals surface area contributed by atoms with Gasteiger partial charge in [0.15, 0.2) is 5.71 Å². The van der Waals surface area contributed by atoms with Crippen LogP contribution in [0.3, 0.4) is 0 Å². The first-order valence-corrected chi connectivity index (χ1v) is 9.38. The summed E-state index contributed by atoms with van der Waals surface area (Å²) in [6.07, 6.45) is 6.64. The van der Waals surface area contributed by atoms with Crippen molar-refractivity contribution in [2.75, 3.05) is 13.6 Å². The molecule has 0 saturated heterocycles. The summed E-state index contributed by atoms with van der Waals surface area (Å²) >= 11 is 0. The quantitative estimate of drug-likeness (QED) is 0.438. The number of hydrogen-bond acceptors (Lipinski definition) is 0.